The molecule has 0 aromatic heterocycles. The normalized spacial score (nSPS) is 45.0. The van der Waals surface area contributed by atoms with Crippen molar-refractivity contribution in [3.63, 3.8) is 0 Å². The summed E-state index contributed by atoms with van der Waals surface area (Å²) in [5, 5.41) is 9.17. The van der Waals surface area contributed by atoms with Gasteiger partial charge in [0.1, 0.15) is 0 Å². The fraction of sp³-hybridized carbons (Fsp3) is 1.00. The van der Waals surface area contributed by atoms with Crippen LogP contribution < -0.4 is 0 Å². The van der Waals surface area contributed by atoms with Crippen LogP contribution in [0.5, 0.6) is 0 Å². The highest BCUT2D eigenvalue weighted by molar-refractivity contribution is 4.72. The van der Waals surface area contributed by atoms with Gasteiger partial charge in [-0.05, 0) is 19.3 Å². The van der Waals surface area contributed by atoms with E-state index in [0.29, 0.717) is 18.6 Å². The summed E-state index contributed by atoms with van der Waals surface area (Å²) in [5.74, 6) is 0.411. The minimum atomic E-state index is -0.235. The number of ether oxygens (including phenoxy) is 1. The molecule has 0 spiro atoms. The van der Waals surface area contributed by atoms with Crippen LogP contribution in [0.25, 0.3) is 0 Å². The summed E-state index contributed by atoms with van der Waals surface area (Å²) in [4.78, 5) is 0. The Kier molecular flexibility index (Phi) is 2.09. The van der Waals surface area contributed by atoms with Crippen LogP contribution in [0.1, 0.15) is 20.3 Å². The van der Waals surface area contributed by atoms with Crippen LogP contribution in [0.15, 0.2) is 0 Å². The van der Waals surface area contributed by atoms with Gasteiger partial charge in [-0.1, -0.05) is 6.92 Å². The molecule has 0 bridgehead atoms. The molecule has 0 aromatic carbocycles. The van der Waals surface area contributed by atoms with Crippen molar-refractivity contribution in [2.75, 3.05) is 6.61 Å². The Hall–Kier alpha value is -0.0800. The highest BCUT2D eigenvalue weighted by Crippen LogP contribution is 2.18. The topological polar surface area (TPSA) is 29.5 Å². The summed E-state index contributed by atoms with van der Waals surface area (Å²) in [6, 6.07) is 0. The Labute approximate surface area is 55.8 Å². The number of rotatable bonds is 0. The third kappa shape index (κ3) is 1.66. The molecule has 1 rings (SSSR count). The Morgan fingerprint density at radius 3 is 2.56 bits per heavy atom. The molecule has 1 fully saturated rings. The highest BCUT2D eigenvalue weighted by atomic mass is 16.5. The molecule has 54 valence electrons. The van der Waals surface area contributed by atoms with E-state index in [9.17, 15) is 5.11 Å². The van der Waals surface area contributed by atoms with E-state index in [1.54, 1.807) is 0 Å². The molecule has 0 radical (unpaired) electrons. The molecule has 0 saturated carbocycles. The van der Waals surface area contributed by atoms with Crippen molar-refractivity contribution in [3.8, 4) is 0 Å². The fourth-order valence-corrected chi connectivity index (χ4v) is 1.18. The largest absolute Gasteiger partial charge is 0.390 e. The Morgan fingerprint density at radius 2 is 2.11 bits per heavy atom. The van der Waals surface area contributed by atoms with Gasteiger partial charge in [-0.2, -0.15) is 0 Å². The smallest absolute Gasteiger partial charge is 0.0800 e. The van der Waals surface area contributed by atoms with Gasteiger partial charge in [0.05, 0.1) is 18.8 Å². The molecule has 2 nitrogen and oxygen atoms in total. The molecule has 1 N–H and O–H groups in total. The second-order valence-electron chi connectivity index (χ2n) is 2.92. The highest BCUT2D eigenvalue weighted by Gasteiger charge is 2.23. The lowest BCUT2D eigenvalue weighted by Crippen LogP contribution is -2.34. The summed E-state index contributed by atoms with van der Waals surface area (Å²) >= 11 is 0. The lowest BCUT2D eigenvalue weighted by Gasteiger charge is -2.28. The van der Waals surface area contributed by atoms with Crippen LogP contribution in [-0.4, -0.2) is 23.9 Å². The van der Waals surface area contributed by atoms with E-state index in [-0.39, 0.29) is 6.10 Å². The van der Waals surface area contributed by atoms with Crippen LogP contribution in [-0.2, 0) is 4.74 Å². The molecular weight excluding hydrogens is 116 g/mol. The number of hydrogen-bond donors (Lipinski definition) is 1. The van der Waals surface area contributed by atoms with Gasteiger partial charge in [0.25, 0.3) is 0 Å². The van der Waals surface area contributed by atoms with Crippen molar-refractivity contribution < 1.29 is 9.84 Å². The zero-order valence-electron chi connectivity index (χ0n) is 6.00. The first-order chi connectivity index (χ1) is 4.20. The predicted molar refractivity (Wildman–Crippen MR) is 35.2 cm³/mol. The van der Waals surface area contributed by atoms with Crippen LogP contribution in [0, 0.1) is 5.92 Å². The Morgan fingerprint density at radius 1 is 1.44 bits per heavy atom. The monoisotopic (exact) mass is 130 g/mol. The van der Waals surface area contributed by atoms with E-state index >= 15 is 0 Å². The molecular formula is C7H14O2. The zero-order chi connectivity index (χ0) is 6.85. The second-order valence-corrected chi connectivity index (χ2v) is 2.92. The van der Waals surface area contributed by atoms with Gasteiger partial charge >= 0.3 is 0 Å². The average molecular weight is 130 g/mol. The minimum Gasteiger partial charge on any atom is -0.390 e. The van der Waals surface area contributed by atoms with Crippen molar-refractivity contribution in [1.29, 1.82) is 0 Å². The van der Waals surface area contributed by atoms with Gasteiger partial charge in [-0.3, -0.25) is 0 Å². The first-order valence-electron chi connectivity index (χ1n) is 3.50. The van der Waals surface area contributed by atoms with E-state index in [1.165, 1.54) is 0 Å². The molecule has 2 unspecified atom stereocenters. The molecule has 1 saturated heterocycles. The standard InChI is InChI=1S/C7H14O2/c1-5-3-6(2)9-4-7(5)8/h5-8H,3-4H2,1-2H3/t5?,6?,7-/m1/s1. The van der Waals surface area contributed by atoms with Crippen LogP contribution in [0.3, 0.4) is 0 Å². The van der Waals surface area contributed by atoms with E-state index in [4.69, 9.17) is 4.74 Å². The lowest BCUT2D eigenvalue weighted by molar-refractivity contribution is -0.0762. The van der Waals surface area contributed by atoms with Gasteiger partial charge in [-0.25, -0.2) is 0 Å². The van der Waals surface area contributed by atoms with E-state index in [1.807, 2.05) is 6.92 Å². The first-order valence-corrected chi connectivity index (χ1v) is 3.50. The summed E-state index contributed by atoms with van der Waals surface area (Å²) in [5.41, 5.74) is 0. The minimum absolute atomic E-state index is 0.235. The second kappa shape index (κ2) is 2.67. The van der Waals surface area contributed by atoms with Crippen molar-refractivity contribution >= 4 is 0 Å². The van der Waals surface area contributed by atoms with Gasteiger partial charge < -0.3 is 9.84 Å². The molecule has 0 aromatic rings. The summed E-state index contributed by atoms with van der Waals surface area (Å²) in [6.45, 7) is 4.62. The van der Waals surface area contributed by atoms with Crippen LogP contribution in [0.4, 0.5) is 0 Å². The molecule has 0 aliphatic carbocycles. The van der Waals surface area contributed by atoms with Gasteiger partial charge in [0.15, 0.2) is 0 Å². The molecule has 3 atom stereocenters. The maximum atomic E-state index is 9.17. The summed E-state index contributed by atoms with van der Waals surface area (Å²) in [6.07, 6.45) is 1.09. The molecule has 0 amide bonds. The Balaban J connectivity index is 2.35. The van der Waals surface area contributed by atoms with Crippen molar-refractivity contribution in [2.24, 2.45) is 5.92 Å². The summed E-state index contributed by atoms with van der Waals surface area (Å²) in [7, 11) is 0. The maximum Gasteiger partial charge on any atom is 0.0800 e. The van der Waals surface area contributed by atoms with Crippen LogP contribution in [0.2, 0.25) is 0 Å². The van der Waals surface area contributed by atoms with Gasteiger partial charge in [0, 0.05) is 0 Å². The van der Waals surface area contributed by atoms with E-state index in [0.717, 1.165) is 6.42 Å². The SMILES string of the molecule is CC1CC(C)[C@H](O)CO1. The molecule has 2 heteroatoms. The van der Waals surface area contributed by atoms with Crippen molar-refractivity contribution in [2.45, 2.75) is 32.5 Å². The molecule has 1 aliphatic heterocycles. The number of aliphatic hydroxyl groups excluding tert-OH is 1. The molecule has 1 heterocycles. The van der Waals surface area contributed by atoms with E-state index in [2.05, 4.69) is 6.92 Å². The third-order valence-corrected chi connectivity index (χ3v) is 1.91. The quantitative estimate of drug-likeness (QED) is 0.525. The first kappa shape index (κ1) is 7.03. The van der Waals surface area contributed by atoms with Crippen molar-refractivity contribution in [1.82, 2.24) is 0 Å². The number of aliphatic hydroxyl groups is 1. The lowest BCUT2D eigenvalue weighted by atomic mass is 9.96. The van der Waals surface area contributed by atoms with Gasteiger partial charge in [-0.15, -0.1) is 0 Å². The van der Waals surface area contributed by atoms with E-state index < -0.39 is 0 Å². The average Bonchev–Trinajstić information content (AvgIpc) is 1.80. The number of hydrogen-bond acceptors (Lipinski definition) is 2. The maximum absolute atomic E-state index is 9.17. The van der Waals surface area contributed by atoms with Crippen LogP contribution >= 0.6 is 0 Å². The predicted octanol–water partition coefficient (Wildman–Crippen LogP) is 0.792. The summed E-state index contributed by atoms with van der Waals surface area (Å²) < 4.78 is 5.21. The van der Waals surface area contributed by atoms with Crippen molar-refractivity contribution in [3.05, 3.63) is 0 Å². The molecule has 9 heavy (non-hydrogen) atoms. The zero-order valence-corrected chi connectivity index (χ0v) is 6.00. The third-order valence-electron chi connectivity index (χ3n) is 1.91. The fourth-order valence-electron chi connectivity index (χ4n) is 1.18. The Bertz CT molecular complexity index is 92.9. The molecule has 1 aliphatic rings. The van der Waals surface area contributed by atoms with Gasteiger partial charge in [0.2, 0.25) is 0 Å².